The second-order valence-corrected chi connectivity index (χ2v) is 5.16. The van der Waals surface area contributed by atoms with E-state index in [0.717, 1.165) is 18.6 Å². The van der Waals surface area contributed by atoms with Gasteiger partial charge in [0.15, 0.2) is 0 Å². The van der Waals surface area contributed by atoms with E-state index in [1.807, 2.05) is 0 Å². The molecule has 4 nitrogen and oxygen atoms in total. The zero-order chi connectivity index (χ0) is 10.1. The summed E-state index contributed by atoms with van der Waals surface area (Å²) >= 11 is 0.933. The highest BCUT2D eigenvalue weighted by molar-refractivity contribution is 7.93. The van der Waals surface area contributed by atoms with Crippen LogP contribution in [0.3, 0.4) is 0 Å². The predicted octanol–water partition coefficient (Wildman–Crippen LogP) is 2.36. The van der Waals surface area contributed by atoms with Gasteiger partial charge in [-0.1, -0.05) is 20.8 Å². The largest absolute Gasteiger partial charge is 0.464 e. The van der Waals surface area contributed by atoms with Gasteiger partial charge in [0, 0.05) is 0 Å². The molecule has 0 aromatic heterocycles. The molecule has 0 spiro atoms. The van der Waals surface area contributed by atoms with Crippen molar-refractivity contribution in [3.63, 3.8) is 0 Å². The highest BCUT2D eigenvalue weighted by atomic mass is 32.2. The summed E-state index contributed by atoms with van der Waals surface area (Å²) in [6, 6.07) is -0.0116. The van der Waals surface area contributed by atoms with Crippen molar-refractivity contribution in [3.05, 3.63) is 0 Å². The van der Waals surface area contributed by atoms with E-state index in [4.69, 9.17) is 9.29 Å². The summed E-state index contributed by atoms with van der Waals surface area (Å²) in [5, 5.41) is 8.81. The van der Waals surface area contributed by atoms with Gasteiger partial charge in [-0.05, 0) is 11.8 Å². The summed E-state index contributed by atoms with van der Waals surface area (Å²) in [7, 11) is 0. The quantitative estimate of drug-likeness (QED) is 0.527. The molecule has 1 heterocycles. The summed E-state index contributed by atoms with van der Waals surface area (Å²) < 4.78 is 6.32. The molecule has 76 valence electrons. The first-order valence-corrected chi connectivity index (χ1v) is 4.92. The average molecular weight is 205 g/mol. The molecule has 0 aromatic carbocycles. The molecule has 1 fully saturated rings. The van der Waals surface area contributed by atoms with Crippen LogP contribution in [0, 0.1) is 5.41 Å². The lowest BCUT2D eigenvalue weighted by Gasteiger charge is -2.25. The standard InChI is InChI=1S/C8H15NO3S/c1-8(2,3)4-6-5-12-13-9(6)7(10)11/h6H,4-5H2,1-3H3,(H,10,11)/t6-/m1/s1. The van der Waals surface area contributed by atoms with Gasteiger partial charge in [0.2, 0.25) is 0 Å². The summed E-state index contributed by atoms with van der Waals surface area (Å²) in [6.45, 7) is 6.77. The van der Waals surface area contributed by atoms with Gasteiger partial charge in [0.25, 0.3) is 0 Å². The molecule has 1 amide bonds. The fraction of sp³-hybridized carbons (Fsp3) is 0.875. The lowest BCUT2D eigenvalue weighted by Crippen LogP contribution is -2.34. The van der Waals surface area contributed by atoms with Crippen LogP contribution in [0.1, 0.15) is 27.2 Å². The zero-order valence-electron chi connectivity index (χ0n) is 8.11. The first-order valence-electron chi connectivity index (χ1n) is 4.22. The van der Waals surface area contributed by atoms with Crippen LogP contribution in [0.4, 0.5) is 4.79 Å². The van der Waals surface area contributed by atoms with Gasteiger partial charge < -0.3 is 5.11 Å². The van der Waals surface area contributed by atoms with Gasteiger partial charge in [-0.25, -0.2) is 9.10 Å². The molecule has 13 heavy (non-hydrogen) atoms. The van der Waals surface area contributed by atoms with Crippen molar-refractivity contribution in [3.8, 4) is 0 Å². The van der Waals surface area contributed by atoms with Crippen LogP contribution in [-0.4, -0.2) is 28.2 Å². The molecule has 1 rings (SSSR count). The van der Waals surface area contributed by atoms with E-state index >= 15 is 0 Å². The summed E-state index contributed by atoms with van der Waals surface area (Å²) in [4.78, 5) is 10.7. The Morgan fingerprint density at radius 3 is 2.77 bits per heavy atom. The molecule has 1 aliphatic heterocycles. The first-order chi connectivity index (χ1) is 5.90. The SMILES string of the molecule is CC(C)(C)C[C@@H]1COSN1C(=O)O. The maximum atomic E-state index is 10.7. The normalized spacial score (nSPS) is 23.6. The van der Waals surface area contributed by atoms with E-state index in [2.05, 4.69) is 20.8 Å². The van der Waals surface area contributed by atoms with Crippen molar-refractivity contribution in [2.45, 2.75) is 33.2 Å². The number of carbonyl (C=O) groups is 1. The molecule has 0 aliphatic carbocycles. The summed E-state index contributed by atoms with van der Waals surface area (Å²) in [6.07, 6.45) is -0.0940. The third-order valence-corrected chi connectivity index (χ3v) is 2.62. The number of rotatable bonds is 1. The minimum absolute atomic E-state index is 0.0116. The Morgan fingerprint density at radius 1 is 1.69 bits per heavy atom. The minimum atomic E-state index is -0.920. The Labute approximate surface area is 82.6 Å². The average Bonchev–Trinajstić information content (AvgIpc) is 2.31. The molecule has 1 N–H and O–H groups in total. The van der Waals surface area contributed by atoms with Crippen LogP contribution >= 0.6 is 12.2 Å². The van der Waals surface area contributed by atoms with Crippen LogP contribution in [-0.2, 0) is 4.18 Å². The van der Waals surface area contributed by atoms with Crippen molar-refractivity contribution >= 4 is 18.3 Å². The fourth-order valence-corrected chi connectivity index (χ4v) is 1.98. The molecule has 1 saturated heterocycles. The smallest absolute Gasteiger partial charge is 0.419 e. The van der Waals surface area contributed by atoms with E-state index in [1.54, 1.807) is 0 Å². The Morgan fingerprint density at radius 2 is 2.31 bits per heavy atom. The van der Waals surface area contributed by atoms with Gasteiger partial charge in [-0.2, -0.15) is 0 Å². The van der Waals surface area contributed by atoms with E-state index in [9.17, 15) is 4.79 Å². The number of hydrogen-bond donors (Lipinski definition) is 1. The van der Waals surface area contributed by atoms with Crippen LogP contribution in [0.5, 0.6) is 0 Å². The van der Waals surface area contributed by atoms with Crippen LogP contribution in [0.25, 0.3) is 0 Å². The molecule has 0 saturated carbocycles. The van der Waals surface area contributed by atoms with E-state index in [0.29, 0.717) is 6.61 Å². The molecule has 0 unspecified atom stereocenters. The van der Waals surface area contributed by atoms with Crippen LogP contribution in [0.2, 0.25) is 0 Å². The Hall–Kier alpha value is -0.420. The van der Waals surface area contributed by atoms with Gasteiger partial charge in [0.1, 0.15) is 12.2 Å². The monoisotopic (exact) mass is 205 g/mol. The summed E-state index contributed by atoms with van der Waals surface area (Å²) in [5.74, 6) is 0. The van der Waals surface area contributed by atoms with E-state index < -0.39 is 6.09 Å². The first kappa shape index (κ1) is 10.7. The molecule has 1 aliphatic rings. The maximum Gasteiger partial charge on any atom is 0.419 e. The third-order valence-electron chi connectivity index (χ3n) is 1.76. The predicted molar refractivity (Wildman–Crippen MR) is 51.3 cm³/mol. The molecular weight excluding hydrogens is 190 g/mol. The molecular formula is C8H15NO3S. The zero-order valence-corrected chi connectivity index (χ0v) is 8.93. The van der Waals surface area contributed by atoms with Gasteiger partial charge >= 0.3 is 6.09 Å². The summed E-state index contributed by atoms with van der Waals surface area (Å²) in [5.41, 5.74) is 0.132. The molecule has 1 atom stereocenters. The number of hydrogen-bond acceptors (Lipinski definition) is 3. The highest BCUT2D eigenvalue weighted by Crippen LogP contribution is 2.32. The maximum absolute atomic E-state index is 10.7. The number of nitrogens with zero attached hydrogens (tertiary/aromatic N) is 1. The van der Waals surface area contributed by atoms with Gasteiger partial charge in [0.05, 0.1) is 12.6 Å². The second-order valence-electron chi connectivity index (χ2n) is 4.39. The van der Waals surface area contributed by atoms with Crippen molar-refractivity contribution in [2.75, 3.05) is 6.61 Å². The van der Waals surface area contributed by atoms with Crippen molar-refractivity contribution in [1.29, 1.82) is 0 Å². The third kappa shape index (κ3) is 3.08. The lowest BCUT2D eigenvalue weighted by molar-refractivity contribution is 0.155. The van der Waals surface area contributed by atoms with Crippen LogP contribution < -0.4 is 0 Å². The van der Waals surface area contributed by atoms with Crippen LogP contribution in [0.15, 0.2) is 0 Å². The van der Waals surface area contributed by atoms with Crippen molar-refractivity contribution < 1.29 is 14.1 Å². The van der Waals surface area contributed by atoms with Crippen molar-refractivity contribution in [2.24, 2.45) is 5.41 Å². The lowest BCUT2D eigenvalue weighted by atomic mass is 9.88. The molecule has 0 bridgehead atoms. The Balaban J connectivity index is 2.54. The topological polar surface area (TPSA) is 49.8 Å². The van der Waals surface area contributed by atoms with E-state index in [-0.39, 0.29) is 11.5 Å². The van der Waals surface area contributed by atoms with E-state index in [1.165, 1.54) is 4.31 Å². The highest BCUT2D eigenvalue weighted by Gasteiger charge is 2.34. The molecule has 0 aromatic rings. The van der Waals surface area contributed by atoms with Gasteiger partial charge in [-0.3, -0.25) is 4.18 Å². The van der Waals surface area contributed by atoms with Crippen molar-refractivity contribution in [1.82, 2.24) is 4.31 Å². The Kier molecular flexibility index (Phi) is 3.08. The molecule has 0 radical (unpaired) electrons. The molecule has 5 heteroatoms. The second kappa shape index (κ2) is 3.75. The fourth-order valence-electron chi connectivity index (χ4n) is 1.33. The Bertz CT molecular complexity index is 202. The number of amides is 1. The van der Waals surface area contributed by atoms with Gasteiger partial charge in [-0.15, -0.1) is 0 Å². The number of carboxylic acid groups (broad SMARTS) is 1. The minimum Gasteiger partial charge on any atom is -0.464 e.